The first kappa shape index (κ1) is 12.9. The standard InChI is InChI=1S/C13H17BrO3/c1-8(14)12(15)9-4-5-11-10(6-9)7-16-13(2,3)17-11/h4-6,8,12,15H,7H2,1-3H3. The summed E-state index contributed by atoms with van der Waals surface area (Å²) in [6, 6.07) is 5.73. The Hall–Kier alpha value is -0.580. The van der Waals surface area contributed by atoms with Gasteiger partial charge in [0.2, 0.25) is 5.79 Å². The van der Waals surface area contributed by atoms with E-state index in [1.165, 1.54) is 0 Å². The number of alkyl halides is 1. The van der Waals surface area contributed by atoms with E-state index in [2.05, 4.69) is 15.9 Å². The van der Waals surface area contributed by atoms with Gasteiger partial charge in [-0.2, -0.15) is 0 Å². The first-order valence-corrected chi connectivity index (χ1v) is 6.58. The smallest absolute Gasteiger partial charge is 0.205 e. The summed E-state index contributed by atoms with van der Waals surface area (Å²) in [6.45, 7) is 6.21. The highest BCUT2D eigenvalue weighted by molar-refractivity contribution is 9.09. The summed E-state index contributed by atoms with van der Waals surface area (Å²) < 4.78 is 11.3. The summed E-state index contributed by atoms with van der Waals surface area (Å²) in [4.78, 5) is 0.0161. The van der Waals surface area contributed by atoms with E-state index >= 15 is 0 Å². The van der Waals surface area contributed by atoms with Crippen LogP contribution in [0.25, 0.3) is 0 Å². The van der Waals surface area contributed by atoms with Gasteiger partial charge in [0.25, 0.3) is 0 Å². The van der Waals surface area contributed by atoms with Gasteiger partial charge >= 0.3 is 0 Å². The van der Waals surface area contributed by atoms with Crippen LogP contribution in [0.2, 0.25) is 0 Å². The molecule has 0 saturated carbocycles. The molecule has 3 nitrogen and oxygen atoms in total. The summed E-state index contributed by atoms with van der Waals surface area (Å²) >= 11 is 3.38. The Morgan fingerprint density at radius 3 is 2.76 bits per heavy atom. The molecule has 0 spiro atoms. The molecule has 1 aromatic carbocycles. The van der Waals surface area contributed by atoms with Crippen LogP contribution in [-0.2, 0) is 11.3 Å². The molecule has 4 heteroatoms. The van der Waals surface area contributed by atoms with Crippen LogP contribution in [0.15, 0.2) is 18.2 Å². The van der Waals surface area contributed by atoms with Crippen LogP contribution >= 0.6 is 15.9 Å². The van der Waals surface area contributed by atoms with E-state index < -0.39 is 11.9 Å². The zero-order valence-electron chi connectivity index (χ0n) is 10.2. The van der Waals surface area contributed by atoms with Crippen LogP contribution in [0.5, 0.6) is 5.75 Å². The minimum Gasteiger partial charge on any atom is -0.463 e. The highest BCUT2D eigenvalue weighted by Crippen LogP contribution is 2.34. The van der Waals surface area contributed by atoms with Crippen molar-refractivity contribution in [3.8, 4) is 5.75 Å². The molecular weight excluding hydrogens is 284 g/mol. The lowest BCUT2D eigenvalue weighted by Gasteiger charge is -2.33. The fourth-order valence-electron chi connectivity index (χ4n) is 1.81. The first-order chi connectivity index (χ1) is 7.89. The molecule has 0 bridgehead atoms. The molecule has 0 saturated heterocycles. The van der Waals surface area contributed by atoms with E-state index in [-0.39, 0.29) is 4.83 Å². The van der Waals surface area contributed by atoms with Crippen LogP contribution in [-0.4, -0.2) is 15.7 Å². The number of ether oxygens (including phenoxy) is 2. The minimum absolute atomic E-state index is 0.0161. The number of halogens is 1. The summed E-state index contributed by atoms with van der Waals surface area (Å²) in [6.07, 6.45) is -0.518. The van der Waals surface area contributed by atoms with Gasteiger partial charge < -0.3 is 14.6 Å². The van der Waals surface area contributed by atoms with Gasteiger partial charge in [0.1, 0.15) is 5.75 Å². The van der Waals surface area contributed by atoms with E-state index in [4.69, 9.17) is 9.47 Å². The maximum atomic E-state index is 9.97. The van der Waals surface area contributed by atoms with Gasteiger partial charge in [0, 0.05) is 24.2 Å². The van der Waals surface area contributed by atoms with Crippen LogP contribution in [0.3, 0.4) is 0 Å². The maximum Gasteiger partial charge on any atom is 0.205 e. The molecule has 2 rings (SSSR count). The normalized spacial score (nSPS) is 21.2. The van der Waals surface area contributed by atoms with Crippen molar-refractivity contribution in [3.05, 3.63) is 29.3 Å². The monoisotopic (exact) mass is 300 g/mol. The minimum atomic E-state index is -0.574. The van der Waals surface area contributed by atoms with Crippen molar-refractivity contribution >= 4 is 15.9 Å². The zero-order valence-corrected chi connectivity index (χ0v) is 11.8. The van der Waals surface area contributed by atoms with Gasteiger partial charge in [-0.25, -0.2) is 0 Å². The number of hydrogen-bond acceptors (Lipinski definition) is 3. The second-order valence-electron chi connectivity index (χ2n) is 4.78. The Morgan fingerprint density at radius 1 is 1.41 bits per heavy atom. The van der Waals surface area contributed by atoms with Crippen molar-refractivity contribution in [1.29, 1.82) is 0 Å². The van der Waals surface area contributed by atoms with Crippen molar-refractivity contribution in [2.75, 3.05) is 0 Å². The summed E-state index contributed by atoms with van der Waals surface area (Å²) in [5.74, 6) is 0.259. The fraction of sp³-hybridized carbons (Fsp3) is 0.538. The zero-order chi connectivity index (χ0) is 12.6. The molecule has 0 aliphatic carbocycles. The average molecular weight is 301 g/mol. The van der Waals surface area contributed by atoms with Gasteiger partial charge in [-0.1, -0.05) is 22.0 Å². The third-order valence-corrected chi connectivity index (χ3v) is 3.29. The summed E-state index contributed by atoms with van der Waals surface area (Å²) in [5, 5.41) is 9.97. The fourth-order valence-corrected chi connectivity index (χ4v) is 2.11. The molecule has 1 aliphatic heterocycles. The first-order valence-electron chi connectivity index (χ1n) is 5.67. The van der Waals surface area contributed by atoms with E-state index in [0.29, 0.717) is 6.61 Å². The average Bonchev–Trinajstić information content (AvgIpc) is 2.26. The molecule has 17 heavy (non-hydrogen) atoms. The maximum absolute atomic E-state index is 9.97. The molecule has 0 fully saturated rings. The number of hydrogen-bond donors (Lipinski definition) is 1. The van der Waals surface area contributed by atoms with Gasteiger partial charge in [0.05, 0.1) is 12.7 Å². The van der Waals surface area contributed by atoms with Crippen LogP contribution in [0.4, 0.5) is 0 Å². The molecule has 0 radical (unpaired) electrons. The number of aliphatic hydroxyl groups excluding tert-OH is 1. The Morgan fingerprint density at radius 2 is 2.12 bits per heavy atom. The van der Waals surface area contributed by atoms with E-state index in [9.17, 15) is 5.11 Å². The van der Waals surface area contributed by atoms with Crippen LogP contribution in [0, 0.1) is 0 Å². The molecule has 0 amide bonds. The highest BCUT2D eigenvalue weighted by Gasteiger charge is 2.28. The molecule has 0 aromatic heterocycles. The Labute approximate surface area is 110 Å². The van der Waals surface area contributed by atoms with Gasteiger partial charge in [-0.3, -0.25) is 0 Å². The topological polar surface area (TPSA) is 38.7 Å². The number of rotatable bonds is 2. The lowest BCUT2D eigenvalue weighted by molar-refractivity contribution is -0.180. The molecule has 2 atom stereocenters. The number of fused-ring (bicyclic) bond motifs is 1. The van der Waals surface area contributed by atoms with Crippen molar-refractivity contribution in [1.82, 2.24) is 0 Å². The molecular formula is C13H17BrO3. The lowest BCUT2D eigenvalue weighted by Crippen LogP contribution is -2.35. The second kappa shape index (κ2) is 4.59. The Kier molecular flexibility index (Phi) is 3.48. The van der Waals surface area contributed by atoms with Crippen molar-refractivity contribution in [3.63, 3.8) is 0 Å². The lowest BCUT2D eigenvalue weighted by atomic mass is 10.0. The molecule has 1 heterocycles. The molecule has 1 N–H and O–H groups in total. The summed E-state index contributed by atoms with van der Waals surface area (Å²) in [5.41, 5.74) is 1.86. The predicted octanol–water partition coefficient (Wildman–Crippen LogP) is 3.15. The van der Waals surface area contributed by atoms with Crippen molar-refractivity contribution in [2.45, 2.75) is 44.1 Å². The van der Waals surface area contributed by atoms with Crippen LogP contribution in [0.1, 0.15) is 38.0 Å². The largest absolute Gasteiger partial charge is 0.463 e. The van der Waals surface area contributed by atoms with E-state index in [0.717, 1.165) is 16.9 Å². The molecule has 1 aliphatic rings. The van der Waals surface area contributed by atoms with Gasteiger partial charge in [0.15, 0.2) is 0 Å². The predicted molar refractivity (Wildman–Crippen MR) is 69.3 cm³/mol. The van der Waals surface area contributed by atoms with Gasteiger partial charge in [-0.15, -0.1) is 0 Å². The molecule has 2 unspecified atom stereocenters. The second-order valence-corrected chi connectivity index (χ2v) is 6.22. The number of aliphatic hydroxyl groups is 1. The van der Waals surface area contributed by atoms with Crippen molar-refractivity contribution < 1.29 is 14.6 Å². The molecule has 1 aromatic rings. The van der Waals surface area contributed by atoms with Gasteiger partial charge in [-0.05, 0) is 24.6 Å². The molecule has 94 valence electrons. The van der Waals surface area contributed by atoms with Crippen LogP contribution < -0.4 is 4.74 Å². The number of benzene rings is 1. The Balaban J connectivity index is 2.27. The summed E-state index contributed by atoms with van der Waals surface area (Å²) in [7, 11) is 0. The van der Waals surface area contributed by atoms with E-state index in [1.807, 2.05) is 39.0 Å². The quantitative estimate of drug-likeness (QED) is 0.853. The van der Waals surface area contributed by atoms with Crippen molar-refractivity contribution in [2.24, 2.45) is 0 Å². The van der Waals surface area contributed by atoms with E-state index in [1.54, 1.807) is 0 Å². The SMILES string of the molecule is CC(Br)C(O)c1ccc2c(c1)COC(C)(C)O2. The third kappa shape index (κ3) is 2.81. The Bertz CT molecular complexity index is 415. The third-order valence-electron chi connectivity index (χ3n) is 2.79. The highest BCUT2D eigenvalue weighted by atomic mass is 79.9.